The summed E-state index contributed by atoms with van der Waals surface area (Å²) in [7, 11) is 0. The van der Waals surface area contributed by atoms with E-state index in [0.29, 0.717) is 22.6 Å². The predicted molar refractivity (Wildman–Crippen MR) is 112 cm³/mol. The molecule has 2 heterocycles. The molecule has 1 aliphatic heterocycles. The number of hydrogen-bond acceptors (Lipinski definition) is 4. The first-order chi connectivity index (χ1) is 12.2. The number of rotatable bonds is 5. The third kappa shape index (κ3) is 3.30. The van der Waals surface area contributed by atoms with E-state index in [-0.39, 0.29) is 29.7 Å². The first-order valence-corrected chi connectivity index (χ1v) is 9.73. The van der Waals surface area contributed by atoms with Crippen molar-refractivity contribution in [3.8, 4) is 11.3 Å². The van der Waals surface area contributed by atoms with Gasteiger partial charge in [0.1, 0.15) is 17.2 Å². The van der Waals surface area contributed by atoms with Crippen LogP contribution in [0.4, 0.5) is 0 Å². The fraction of sp³-hybridized carbons (Fsp3) is 0.526. The highest BCUT2D eigenvalue weighted by atomic mass is 127. The molecule has 26 heavy (non-hydrogen) atoms. The maximum atomic E-state index is 6.41. The van der Waals surface area contributed by atoms with E-state index in [2.05, 4.69) is 10.5 Å². The van der Waals surface area contributed by atoms with Crippen LogP contribution < -0.4 is 5.32 Å². The van der Waals surface area contributed by atoms with Crippen LogP contribution in [-0.4, -0.2) is 17.4 Å². The van der Waals surface area contributed by atoms with Crippen molar-refractivity contribution < 1.29 is 9.26 Å². The number of halogens is 3. The Morgan fingerprint density at radius 1 is 1.23 bits per heavy atom. The van der Waals surface area contributed by atoms with E-state index in [1.807, 2.05) is 18.2 Å². The molecular weight excluding hydrogens is 486 g/mol. The number of fused-ring (bicyclic) bond motifs is 2. The molecule has 3 aliphatic rings. The van der Waals surface area contributed by atoms with Crippen LogP contribution in [0.2, 0.25) is 10.0 Å². The van der Waals surface area contributed by atoms with Gasteiger partial charge in [-0.2, -0.15) is 0 Å². The lowest BCUT2D eigenvalue weighted by Crippen LogP contribution is -2.42. The van der Waals surface area contributed by atoms with Crippen molar-refractivity contribution in [2.45, 2.75) is 50.4 Å². The van der Waals surface area contributed by atoms with Crippen LogP contribution in [-0.2, 0) is 11.3 Å². The summed E-state index contributed by atoms with van der Waals surface area (Å²) in [5.74, 6) is 2.14. The Morgan fingerprint density at radius 3 is 2.58 bits per heavy atom. The quantitative estimate of drug-likeness (QED) is 0.523. The Bertz CT molecular complexity index is 794. The molecule has 1 aromatic heterocycles. The van der Waals surface area contributed by atoms with Gasteiger partial charge in [-0.25, -0.2) is 0 Å². The molecule has 4 nitrogen and oxygen atoms in total. The molecule has 3 fully saturated rings. The summed E-state index contributed by atoms with van der Waals surface area (Å²) in [6.45, 7) is 1.54. The van der Waals surface area contributed by atoms with Crippen LogP contribution in [0.3, 0.4) is 0 Å². The van der Waals surface area contributed by atoms with Gasteiger partial charge in [0.2, 0.25) is 0 Å². The molecule has 2 saturated carbocycles. The van der Waals surface area contributed by atoms with E-state index in [9.17, 15) is 0 Å². The zero-order valence-electron chi connectivity index (χ0n) is 14.3. The van der Waals surface area contributed by atoms with Gasteiger partial charge in [-0.3, -0.25) is 5.32 Å². The van der Waals surface area contributed by atoms with Gasteiger partial charge in [0, 0.05) is 23.6 Å². The smallest absolute Gasteiger partial charge is 0.145 e. The average Bonchev–Trinajstić information content (AvgIpc) is 3.07. The second-order valence-electron chi connectivity index (χ2n) is 7.52. The second kappa shape index (κ2) is 7.24. The minimum Gasteiger partial charge on any atom is -0.360 e. The monoisotopic (exact) mass is 506 g/mol. The van der Waals surface area contributed by atoms with E-state index >= 15 is 0 Å². The maximum Gasteiger partial charge on any atom is 0.145 e. The Morgan fingerprint density at radius 2 is 2.00 bits per heavy atom. The highest BCUT2D eigenvalue weighted by molar-refractivity contribution is 14.0. The SMILES string of the molecule is Clc1cccc(Cl)c1-c1noc(C2CC2)c1COC12CCC(CN1)C2.I. The summed E-state index contributed by atoms with van der Waals surface area (Å²) >= 11 is 12.8. The normalized spacial score (nSPS) is 26.9. The van der Waals surface area contributed by atoms with Gasteiger partial charge in [0.25, 0.3) is 0 Å². The van der Waals surface area contributed by atoms with Crippen molar-refractivity contribution in [2.24, 2.45) is 5.92 Å². The molecule has 7 heteroatoms. The molecule has 5 rings (SSSR count). The molecule has 1 saturated heterocycles. The summed E-state index contributed by atoms with van der Waals surface area (Å²) in [6, 6.07) is 5.50. The van der Waals surface area contributed by atoms with Crippen LogP contribution in [0.25, 0.3) is 11.3 Å². The Kier molecular flexibility index (Phi) is 5.29. The lowest BCUT2D eigenvalue weighted by Gasteiger charge is -2.28. The predicted octanol–water partition coefficient (Wildman–Crippen LogP) is 5.76. The Hall–Kier alpha value is -0.340. The van der Waals surface area contributed by atoms with Gasteiger partial charge < -0.3 is 9.26 Å². The molecule has 2 aliphatic carbocycles. The van der Waals surface area contributed by atoms with Gasteiger partial charge in [-0.15, -0.1) is 24.0 Å². The number of ether oxygens (including phenoxy) is 1. The summed E-state index contributed by atoms with van der Waals surface area (Å²) in [5, 5.41) is 9.05. The third-order valence-corrected chi connectivity index (χ3v) is 6.38. The average molecular weight is 507 g/mol. The van der Waals surface area contributed by atoms with E-state index in [0.717, 1.165) is 60.7 Å². The molecule has 1 aromatic carbocycles. The summed E-state index contributed by atoms with van der Waals surface area (Å²) in [6.07, 6.45) is 5.70. The lowest BCUT2D eigenvalue weighted by molar-refractivity contribution is -0.0657. The van der Waals surface area contributed by atoms with Crippen molar-refractivity contribution in [3.05, 3.63) is 39.6 Å². The van der Waals surface area contributed by atoms with Gasteiger partial charge in [-0.1, -0.05) is 34.4 Å². The molecule has 2 unspecified atom stereocenters. The maximum absolute atomic E-state index is 6.41. The van der Waals surface area contributed by atoms with Crippen LogP contribution in [0.5, 0.6) is 0 Å². The molecule has 1 N–H and O–H groups in total. The van der Waals surface area contributed by atoms with E-state index in [4.69, 9.17) is 32.5 Å². The molecular formula is C19H21Cl2IN2O2. The summed E-state index contributed by atoms with van der Waals surface area (Å²) in [5.41, 5.74) is 2.29. The van der Waals surface area contributed by atoms with E-state index < -0.39 is 0 Å². The number of nitrogens with zero attached hydrogens (tertiary/aromatic N) is 1. The number of hydrogen-bond donors (Lipinski definition) is 1. The van der Waals surface area contributed by atoms with Crippen molar-refractivity contribution >= 4 is 47.2 Å². The minimum atomic E-state index is -0.176. The summed E-state index contributed by atoms with van der Waals surface area (Å²) in [4.78, 5) is 0. The molecule has 2 aromatic rings. The van der Waals surface area contributed by atoms with Gasteiger partial charge >= 0.3 is 0 Å². The van der Waals surface area contributed by atoms with Crippen LogP contribution in [0, 0.1) is 5.92 Å². The zero-order chi connectivity index (χ0) is 17.0. The highest BCUT2D eigenvalue weighted by Crippen LogP contribution is 2.47. The largest absolute Gasteiger partial charge is 0.360 e. The number of piperidine rings is 1. The van der Waals surface area contributed by atoms with Crippen LogP contribution in [0.1, 0.15) is 49.3 Å². The fourth-order valence-electron chi connectivity index (χ4n) is 4.21. The number of benzene rings is 1. The second-order valence-corrected chi connectivity index (χ2v) is 8.33. The van der Waals surface area contributed by atoms with Crippen molar-refractivity contribution in [2.75, 3.05) is 6.54 Å². The standard InChI is InChI=1S/C19H20Cl2N2O2.HI/c20-14-2-1-3-15(21)16(14)17-13(18(25-23-17)12-4-5-12)10-24-19-7-6-11(8-19)9-22-19;/h1-3,11-12,22H,4-10H2;1H. The van der Waals surface area contributed by atoms with Crippen LogP contribution >= 0.6 is 47.2 Å². The van der Waals surface area contributed by atoms with E-state index in [1.165, 1.54) is 6.42 Å². The van der Waals surface area contributed by atoms with Crippen LogP contribution in [0.15, 0.2) is 22.7 Å². The topological polar surface area (TPSA) is 47.3 Å². The Balaban J connectivity index is 0.00000168. The number of nitrogens with one attached hydrogen (secondary N) is 1. The highest BCUT2D eigenvalue weighted by Gasteiger charge is 2.46. The molecule has 0 radical (unpaired) electrons. The first kappa shape index (κ1) is 19.0. The van der Waals surface area contributed by atoms with Crippen molar-refractivity contribution in [1.29, 1.82) is 0 Å². The number of aromatic nitrogens is 1. The van der Waals surface area contributed by atoms with E-state index in [1.54, 1.807) is 0 Å². The first-order valence-electron chi connectivity index (χ1n) is 8.97. The van der Waals surface area contributed by atoms with Crippen molar-refractivity contribution in [1.82, 2.24) is 10.5 Å². The lowest BCUT2D eigenvalue weighted by atomic mass is 10.0. The summed E-state index contributed by atoms with van der Waals surface area (Å²) < 4.78 is 12.1. The van der Waals surface area contributed by atoms with Gasteiger partial charge in [-0.05, 0) is 50.2 Å². The molecule has 2 atom stereocenters. The Labute approximate surface area is 179 Å². The molecule has 0 amide bonds. The fourth-order valence-corrected chi connectivity index (χ4v) is 4.79. The third-order valence-electron chi connectivity index (χ3n) is 5.75. The zero-order valence-corrected chi connectivity index (χ0v) is 18.1. The van der Waals surface area contributed by atoms with Crippen molar-refractivity contribution in [3.63, 3.8) is 0 Å². The molecule has 0 spiro atoms. The molecule has 2 bridgehead atoms. The minimum absolute atomic E-state index is 0. The van der Waals surface area contributed by atoms with Gasteiger partial charge in [0.15, 0.2) is 0 Å². The molecule has 140 valence electrons. The van der Waals surface area contributed by atoms with Gasteiger partial charge in [0.05, 0.1) is 16.7 Å².